The van der Waals surface area contributed by atoms with Crippen LogP contribution in [0.3, 0.4) is 0 Å². The lowest BCUT2D eigenvalue weighted by Crippen LogP contribution is -2.51. The topological polar surface area (TPSA) is 113 Å². The predicted octanol–water partition coefficient (Wildman–Crippen LogP) is 1.14. The highest BCUT2D eigenvalue weighted by Crippen LogP contribution is 2.03. The molecule has 0 radical (unpaired) electrons. The minimum Gasteiger partial charge on any atom is -0.353 e. The standard InChI is InChI=1S/C15H22N4O3.C3H6.C2H6/c1-11(20)18-10-14(21)19-13(15(22)17-8-7-16)9-12-5-3-2-4-6-12;1-3-2;1-2/h2-6,13H,7-10,16H2,1H3,(H,17,22)(H,18,20)(H,19,21);3H,1H2,2H3;1-2H3. The van der Waals surface area contributed by atoms with Crippen molar-refractivity contribution in [3.05, 3.63) is 48.6 Å². The van der Waals surface area contributed by atoms with Crippen molar-refractivity contribution in [2.45, 2.75) is 40.2 Å². The Bertz CT molecular complexity index is 547. The third-order valence-corrected chi connectivity index (χ3v) is 2.88. The molecule has 0 aliphatic heterocycles. The number of nitrogens with one attached hydrogen (secondary N) is 3. The predicted molar refractivity (Wildman–Crippen MR) is 110 cm³/mol. The molecule has 0 saturated carbocycles. The van der Waals surface area contributed by atoms with Gasteiger partial charge in [0.2, 0.25) is 17.7 Å². The minimum atomic E-state index is -0.713. The molecule has 0 aromatic heterocycles. The van der Waals surface area contributed by atoms with Gasteiger partial charge in [0.1, 0.15) is 6.04 Å². The van der Waals surface area contributed by atoms with E-state index in [0.717, 1.165) is 5.56 Å². The van der Waals surface area contributed by atoms with Gasteiger partial charge < -0.3 is 21.7 Å². The summed E-state index contributed by atoms with van der Waals surface area (Å²) in [7, 11) is 0. The number of nitrogens with two attached hydrogens (primary N) is 1. The van der Waals surface area contributed by atoms with Gasteiger partial charge in [-0.1, -0.05) is 50.3 Å². The summed E-state index contributed by atoms with van der Waals surface area (Å²) in [5.74, 6) is -1.02. The smallest absolute Gasteiger partial charge is 0.242 e. The lowest BCUT2D eigenvalue weighted by atomic mass is 10.1. The number of hydrogen-bond donors (Lipinski definition) is 4. The van der Waals surface area contributed by atoms with Crippen molar-refractivity contribution < 1.29 is 14.4 Å². The van der Waals surface area contributed by atoms with Crippen molar-refractivity contribution in [1.29, 1.82) is 0 Å². The first-order valence-corrected chi connectivity index (χ1v) is 9.07. The molecule has 0 heterocycles. The van der Waals surface area contributed by atoms with Crippen LogP contribution in [-0.2, 0) is 20.8 Å². The second-order valence-corrected chi connectivity index (χ2v) is 5.21. The van der Waals surface area contributed by atoms with E-state index in [4.69, 9.17) is 5.73 Å². The molecule has 7 heteroatoms. The summed E-state index contributed by atoms with van der Waals surface area (Å²) in [6.45, 7) is 11.1. The van der Waals surface area contributed by atoms with Crippen molar-refractivity contribution in [2.24, 2.45) is 5.73 Å². The average molecular weight is 379 g/mol. The van der Waals surface area contributed by atoms with Crippen molar-refractivity contribution in [1.82, 2.24) is 16.0 Å². The Balaban J connectivity index is 0. The molecule has 1 unspecified atom stereocenters. The fraction of sp³-hybridized carbons (Fsp3) is 0.450. The van der Waals surface area contributed by atoms with E-state index >= 15 is 0 Å². The molecule has 0 saturated heterocycles. The van der Waals surface area contributed by atoms with Crippen molar-refractivity contribution in [3.63, 3.8) is 0 Å². The average Bonchev–Trinajstić information content (AvgIpc) is 2.67. The van der Waals surface area contributed by atoms with E-state index in [2.05, 4.69) is 22.5 Å². The number of carbonyl (C=O) groups is 3. The molecule has 1 atom stereocenters. The molecule has 152 valence electrons. The van der Waals surface area contributed by atoms with Gasteiger partial charge in [0.15, 0.2) is 0 Å². The number of allylic oxidation sites excluding steroid dienone is 1. The summed E-state index contributed by atoms with van der Waals surface area (Å²) in [6.07, 6.45) is 2.11. The Morgan fingerprint density at radius 3 is 2.19 bits per heavy atom. The van der Waals surface area contributed by atoms with Crippen LogP contribution in [0.4, 0.5) is 0 Å². The molecule has 1 aromatic carbocycles. The second-order valence-electron chi connectivity index (χ2n) is 5.21. The van der Waals surface area contributed by atoms with E-state index in [0.29, 0.717) is 19.5 Å². The van der Waals surface area contributed by atoms with Crippen LogP contribution in [0.1, 0.15) is 33.3 Å². The normalized spacial score (nSPS) is 9.96. The van der Waals surface area contributed by atoms with Crippen LogP contribution in [-0.4, -0.2) is 43.4 Å². The first-order chi connectivity index (χ1) is 12.9. The third kappa shape index (κ3) is 15.3. The number of amides is 3. The Morgan fingerprint density at radius 2 is 1.70 bits per heavy atom. The van der Waals surface area contributed by atoms with Gasteiger partial charge in [-0.2, -0.15) is 0 Å². The maximum atomic E-state index is 12.1. The molecule has 1 aromatic rings. The van der Waals surface area contributed by atoms with Crippen LogP contribution >= 0.6 is 0 Å². The summed E-state index contributed by atoms with van der Waals surface area (Å²) in [5, 5.41) is 7.67. The number of carbonyl (C=O) groups excluding carboxylic acids is 3. The van der Waals surface area contributed by atoms with Crippen molar-refractivity contribution >= 4 is 17.7 Å². The van der Waals surface area contributed by atoms with Crippen LogP contribution < -0.4 is 21.7 Å². The maximum Gasteiger partial charge on any atom is 0.242 e. The lowest BCUT2D eigenvalue weighted by molar-refractivity contribution is -0.129. The first kappa shape index (κ1) is 26.6. The van der Waals surface area contributed by atoms with Gasteiger partial charge in [-0.3, -0.25) is 14.4 Å². The van der Waals surface area contributed by atoms with Gasteiger partial charge >= 0.3 is 0 Å². The van der Waals surface area contributed by atoms with Crippen molar-refractivity contribution in [3.8, 4) is 0 Å². The quantitative estimate of drug-likeness (QED) is 0.508. The van der Waals surface area contributed by atoms with Crippen molar-refractivity contribution in [2.75, 3.05) is 19.6 Å². The summed E-state index contributed by atoms with van der Waals surface area (Å²) >= 11 is 0. The monoisotopic (exact) mass is 378 g/mol. The van der Waals surface area contributed by atoms with Crippen LogP contribution in [0, 0.1) is 0 Å². The van der Waals surface area contributed by atoms with E-state index in [1.165, 1.54) is 6.92 Å². The van der Waals surface area contributed by atoms with E-state index in [1.807, 2.05) is 51.1 Å². The zero-order valence-corrected chi connectivity index (χ0v) is 16.9. The molecule has 0 bridgehead atoms. The van der Waals surface area contributed by atoms with Gasteiger partial charge in [-0.25, -0.2) is 0 Å². The van der Waals surface area contributed by atoms with Gasteiger partial charge in [-0.05, 0) is 12.5 Å². The fourth-order valence-electron chi connectivity index (χ4n) is 1.83. The van der Waals surface area contributed by atoms with Gasteiger partial charge in [0.05, 0.1) is 6.54 Å². The lowest BCUT2D eigenvalue weighted by Gasteiger charge is -2.18. The highest BCUT2D eigenvalue weighted by atomic mass is 16.2. The molecule has 0 fully saturated rings. The summed E-state index contributed by atoms with van der Waals surface area (Å²) < 4.78 is 0. The summed E-state index contributed by atoms with van der Waals surface area (Å²) in [4.78, 5) is 34.7. The minimum absolute atomic E-state index is 0.162. The number of benzene rings is 1. The SMILES string of the molecule is C=CC.CC.CC(=O)NCC(=O)NC(Cc1ccccc1)C(=O)NCCN. The zero-order chi connectivity index (χ0) is 21.1. The Hall–Kier alpha value is -2.67. The highest BCUT2D eigenvalue weighted by Gasteiger charge is 2.20. The van der Waals surface area contributed by atoms with Crippen LogP contribution in [0.15, 0.2) is 43.0 Å². The Morgan fingerprint density at radius 1 is 1.15 bits per heavy atom. The van der Waals surface area contributed by atoms with Gasteiger partial charge in [0, 0.05) is 26.4 Å². The highest BCUT2D eigenvalue weighted by molar-refractivity contribution is 5.90. The van der Waals surface area contributed by atoms with E-state index in [-0.39, 0.29) is 18.4 Å². The second kappa shape index (κ2) is 18.1. The molecule has 0 spiro atoms. The molecular weight excluding hydrogens is 344 g/mol. The largest absolute Gasteiger partial charge is 0.353 e. The van der Waals surface area contributed by atoms with Crippen LogP contribution in [0.5, 0.6) is 0 Å². The molecule has 3 amide bonds. The first-order valence-electron chi connectivity index (χ1n) is 9.07. The van der Waals surface area contributed by atoms with Crippen LogP contribution in [0.2, 0.25) is 0 Å². The van der Waals surface area contributed by atoms with E-state index in [9.17, 15) is 14.4 Å². The Kier molecular flexibility index (Phi) is 17.8. The third-order valence-electron chi connectivity index (χ3n) is 2.88. The van der Waals surface area contributed by atoms with Gasteiger partial charge in [0.25, 0.3) is 0 Å². The van der Waals surface area contributed by atoms with E-state index in [1.54, 1.807) is 6.08 Å². The number of rotatable bonds is 8. The molecule has 0 aliphatic rings. The Labute approximate surface area is 162 Å². The molecule has 5 N–H and O–H groups in total. The van der Waals surface area contributed by atoms with Crippen LogP contribution in [0.25, 0.3) is 0 Å². The van der Waals surface area contributed by atoms with E-state index < -0.39 is 11.9 Å². The summed E-state index contributed by atoms with van der Waals surface area (Å²) in [5.41, 5.74) is 6.29. The van der Waals surface area contributed by atoms with Gasteiger partial charge in [-0.15, -0.1) is 6.58 Å². The summed E-state index contributed by atoms with van der Waals surface area (Å²) in [6, 6.07) is 8.65. The molecule has 1 rings (SSSR count). The maximum absolute atomic E-state index is 12.1. The molecule has 27 heavy (non-hydrogen) atoms. The zero-order valence-electron chi connectivity index (χ0n) is 16.9. The fourth-order valence-corrected chi connectivity index (χ4v) is 1.83. The number of hydrogen-bond acceptors (Lipinski definition) is 4. The molecule has 7 nitrogen and oxygen atoms in total. The molecular formula is C20H34N4O3. The molecule has 0 aliphatic carbocycles.